The van der Waals surface area contributed by atoms with Crippen molar-refractivity contribution in [3.63, 3.8) is 0 Å². The third kappa shape index (κ3) is 3.51. The van der Waals surface area contributed by atoms with Gasteiger partial charge in [-0.15, -0.1) is 0 Å². The number of amides is 1. The highest BCUT2D eigenvalue weighted by Crippen LogP contribution is 2.27. The molecule has 1 saturated heterocycles. The van der Waals surface area contributed by atoms with E-state index in [4.69, 9.17) is 21.4 Å². The van der Waals surface area contributed by atoms with Crippen LogP contribution in [0.4, 0.5) is 5.69 Å². The molecule has 0 aliphatic carbocycles. The van der Waals surface area contributed by atoms with Gasteiger partial charge in [-0.2, -0.15) is 0 Å². The predicted molar refractivity (Wildman–Crippen MR) is 90.3 cm³/mol. The summed E-state index contributed by atoms with van der Waals surface area (Å²) < 4.78 is 5.69. The standard InChI is InChI=1S/C18H16ClNO4/c19-16-4-2-1-3-12(16)11-24-15-7-5-14(6-8-15)20-10-13(18(22)23)9-17(20)21/h1-8,13H,9-11H2,(H,22,23)/t13-/m0/s1. The number of hydrogen-bond donors (Lipinski definition) is 1. The largest absolute Gasteiger partial charge is 0.489 e. The summed E-state index contributed by atoms with van der Waals surface area (Å²) in [7, 11) is 0. The number of carboxylic acids is 1. The monoisotopic (exact) mass is 345 g/mol. The molecular weight excluding hydrogens is 330 g/mol. The van der Waals surface area contributed by atoms with Gasteiger partial charge >= 0.3 is 5.97 Å². The number of carboxylic acid groups (broad SMARTS) is 1. The van der Waals surface area contributed by atoms with Gasteiger partial charge in [0.15, 0.2) is 0 Å². The van der Waals surface area contributed by atoms with Gasteiger partial charge in [0.05, 0.1) is 5.92 Å². The third-order valence-electron chi connectivity index (χ3n) is 3.97. The highest BCUT2D eigenvalue weighted by Gasteiger charge is 2.34. The minimum atomic E-state index is -0.939. The van der Waals surface area contributed by atoms with Crippen LogP contribution in [0.2, 0.25) is 5.02 Å². The number of halogens is 1. The Morgan fingerprint density at radius 2 is 1.92 bits per heavy atom. The van der Waals surface area contributed by atoms with Crippen LogP contribution in [-0.4, -0.2) is 23.5 Å². The minimum Gasteiger partial charge on any atom is -0.489 e. The first-order chi connectivity index (χ1) is 11.5. The second kappa shape index (κ2) is 6.93. The lowest BCUT2D eigenvalue weighted by molar-refractivity contribution is -0.141. The fourth-order valence-corrected chi connectivity index (χ4v) is 2.81. The van der Waals surface area contributed by atoms with Gasteiger partial charge in [0, 0.05) is 29.2 Å². The number of aliphatic carboxylic acids is 1. The predicted octanol–water partition coefficient (Wildman–Crippen LogP) is 3.36. The Morgan fingerprint density at radius 3 is 2.54 bits per heavy atom. The molecule has 0 bridgehead atoms. The van der Waals surface area contributed by atoms with Crippen molar-refractivity contribution in [3.05, 3.63) is 59.1 Å². The summed E-state index contributed by atoms with van der Waals surface area (Å²) in [4.78, 5) is 24.5. The van der Waals surface area contributed by atoms with E-state index in [-0.39, 0.29) is 18.9 Å². The Morgan fingerprint density at radius 1 is 1.21 bits per heavy atom. The van der Waals surface area contributed by atoms with Crippen LogP contribution in [0.15, 0.2) is 48.5 Å². The Labute approximate surface area is 144 Å². The van der Waals surface area contributed by atoms with Crippen molar-refractivity contribution < 1.29 is 19.4 Å². The van der Waals surface area contributed by atoms with Crippen LogP contribution in [0.25, 0.3) is 0 Å². The minimum absolute atomic E-state index is 0.0418. The van der Waals surface area contributed by atoms with Gasteiger partial charge in [0.2, 0.25) is 5.91 Å². The highest BCUT2D eigenvalue weighted by atomic mass is 35.5. The summed E-state index contributed by atoms with van der Waals surface area (Å²) in [5.74, 6) is -1.11. The van der Waals surface area contributed by atoms with Crippen LogP contribution >= 0.6 is 11.6 Å². The van der Waals surface area contributed by atoms with Gasteiger partial charge in [0.25, 0.3) is 0 Å². The van der Waals surface area contributed by atoms with Crippen molar-refractivity contribution >= 4 is 29.2 Å². The molecule has 1 N–H and O–H groups in total. The Balaban J connectivity index is 1.65. The van der Waals surface area contributed by atoms with Crippen molar-refractivity contribution in [3.8, 4) is 5.75 Å². The SMILES string of the molecule is O=C(O)[C@H]1CC(=O)N(c2ccc(OCc3ccccc3Cl)cc2)C1. The molecule has 0 spiro atoms. The molecule has 1 heterocycles. The number of ether oxygens (including phenoxy) is 1. The molecule has 124 valence electrons. The molecule has 0 radical (unpaired) electrons. The maximum Gasteiger partial charge on any atom is 0.308 e. The van der Waals surface area contributed by atoms with E-state index in [1.165, 1.54) is 4.90 Å². The quantitative estimate of drug-likeness (QED) is 0.902. The van der Waals surface area contributed by atoms with Crippen LogP contribution in [0.5, 0.6) is 5.75 Å². The number of benzene rings is 2. The van der Waals surface area contributed by atoms with Crippen molar-refractivity contribution in [2.75, 3.05) is 11.4 Å². The second-order valence-electron chi connectivity index (χ2n) is 5.62. The molecule has 1 amide bonds. The maximum atomic E-state index is 11.9. The van der Waals surface area contributed by atoms with Gasteiger partial charge in [-0.05, 0) is 30.3 Å². The van der Waals surface area contributed by atoms with Gasteiger partial charge < -0.3 is 14.7 Å². The Bertz CT molecular complexity index is 760. The molecule has 2 aromatic rings. The second-order valence-corrected chi connectivity index (χ2v) is 6.02. The molecule has 3 rings (SSSR count). The number of hydrogen-bond acceptors (Lipinski definition) is 3. The van der Waals surface area contributed by atoms with E-state index >= 15 is 0 Å². The number of anilines is 1. The summed E-state index contributed by atoms with van der Waals surface area (Å²) in [6, 6.07) is 14.5. The molecule has 6 heteroatoms. The average molecular weight is 346 g/mol. The summed E-state index contributed by atoms with van der Waals surface area (Å²) in [6.45, 7) is 0.552. The summed E-state index contributed by atoms with van der Waals surface area (Å²) in [5.41, 5.74) is 1.57. The smallest absolute Gasteiger partial charge is 0.308 e. The maximum absolute atomic E-state index is 11.9. The van der Waals surface area contributed by atoms with Crippen molar-refractivity contribution in [1.29, 1.82) is 0 Å². The van der Waals surface area contributed by atoms with E-state index in [1.807, 2.05) is 18.2 Å². The van der Waals surface area contributed by atoms with E-state index < -0.39 is 11.9 Å². The summed E-state index contributed by atoms with van der Waals surface area (Å²) in [6.07, 6.45) is 0.0418. The van der Waals surface area contributed by atoms with E-state index in [0.717, 1.165) is 5.56 Å². The van der Waals surface area contributed by atoms with Gasteiger partial charge in [-0.1, -0.05) is 29.8 Å². The molecular formula is C18H16ClNO4. The molecule has 5 nitrogen and oxygen atoms in total. The van der Waals surface area contributed by atoms with E-state index in [2.05, 4.69) is 0 Å². The lowest BCUT2D eigenvalue weighted by Crippen LogP contribution is -2.25. The number of nitrogens with zero attached hydrogens (tertiary/aromatic N) is 1. The first-order valence-electron chi connectivity index (χ1n) is 7.54. The zero-order valence-corrected chi connectivity index (χ0v) is 13.6. The van der Waals surface area contributed by atoms with Crippen LogP contribution in [-0.2, 0) is 16.2 Å². The summed E-state index contributed by atoms with van der Waals surface area (Å²) >= 11 is 6.08. The molecule has 1 atom stereocenters. The topological polar surface area (TPSA) is 66.8 Å². The van der Waals surface area contributed by atoms with Crippen molar-refractivity contribution in [1.82, 2.24) is 0 Å². The zero-order valence-electron chi connectivity index (χ0n) is 12.8. The lowest BCUT2D eigenvalue weighted by Gasteiger charge is -2.16. The number of carbonyl (C=O) groups excluding carboxylic acids is 1. The number of rotatable bonds is 5. The normalized spacial score (nSPS) is 17.1. The van der Waals surface area contributed by atoms with Gasteiger partial charge in [0.1, 0.15) is 12.4 Å². The zero-order chi connectivity index (χ0) is 17.1. The molecule has 1 aliphatic heterocycles. The molecule has 24 heavy (non-hydrogen) atoms. The molecule has 2 aromatic carbocycles. The Kier molecular flexibility index (Phi) is 4.71. The van der Waals surface area contributed by atoms with Crippen LogP contribution in [0.1, 0.15) is 12.0 Å². The van der Waals surface area contributed by atoms with Crippen molar-refractivity contribution in [2.24, 2.45) is 5.92 Å². The average Bonchev–Trinajstić information content (AvgIpc) is 2.97. The summed E-state index contributed by atoms with van der Waals surface area (Å²) in [5, 5.41) is 9.68. The molecule has 1 fully saturated rings. The first kappa shape index (κ1) is 16.3. The van der Waals surface area contributed by atoms with E-state index in [0.29, 0.717) is 23.1 Å². The highest BCUT2D eigenvalue weighted by molar-refractivity contribution is 6.31. The third-order valence-corrected chi connectivity index (χ3v) is 4.34. The fraction of sp³-hybridized carbons (Fsp3) is 0.222. The van der Waals surface area contributed by atoms with E-state index in [9.17, 15) is 9.59 Å². The molecule has 0 aromatic heterocycles. The van der Waals surface area contributed by atoms with Crippen LogP contribution < -0.4 is 9.64 Å². The Hall–Kier alpha value is -2.53. The van der Waals surface area contributed by atoms with E-state index in [1.54, 1.807) is 30.3 Å². The lowest BCUT2D eigenvalue weighted by atomic mass is 10.1. The first-order valence-corrected chi connectivity index (χ1v) is 7.92. The fourth-order valence-electron chi connectivity index (χ4n) is 2.62. The van der Waals surface area contributed by atoms with Crippen LogP contribution in [0.3, 0.4) is 0 Å². The molecule has 0 saturated carbocycles. The molecule has 1 aliphatic rings. The number of carbonyl (C=O) groups is 2. The molecule has 0 unspecified atom stereocenters. The van der Waals surface area contributed by atoms with Gasteiger partial charge in [-0.25, -0.2) is 0 Å². The van der Waals surface area contributed by atoms with Crippen molar-refractivity contribution in [2.45, 2.75) is 13.0 Å². The van der Waals surface area contributed by atoms with Crippen LogP contribution in [0, 0.1) is 5.92 Å². The van der Waals surface area contributed by atoms with Gasteiger partial charge in [-0.3, -0.25) is 9.59 Å².